The Hall–Kier alpha value is -1.14. The highest BCUT2D eigenvalue weighted by Gasteiger charge is 2.52. The lowest BCUT2D eigenvalue weighted by Gasteiger charge is -2.32. The van der Waals surface area contributed by atoms with Crippen molar-refractivity contribution in [3.8, 4) is 0 Å². The molecule has 1 saturated carbocycles. The predicted octanol–water partition coefficient (Wildman–Crippen LogP) is 1.65. The van der Waals surface area contributed by atoms with E-state index in [1.807, 2.05) is 27.7 Å². The molecule has 2 aliphatic rings. The number of ketones is 1. The van der Waals surface area contributed by atoms with Gasteiger partial charge in [0.1, 0.15) is 6.04 Å². The van der Waals surface area contributed by atoms with Crippen LogP contribution in [0.25, 0.3) is 0 Å². The van der Waals surface area contributed by atoms with Crippen LogP contribution < -0.4 is 5.73 Å². The Labute approximate surface area is 120 Å². The molecular weight excluding hydrogens is 255 g/mol. The molecule has 1 saturated heterocycles. The lowest BCUT2D eigenvalue weighted by Crippen LogP contribution is -2.41. The quantitative estimate of drug-likeness (QED) is 0.629. The van der Waals surface area contributed by atoms with Crippen LogP contribution in [-0.2, 0) is 14.1 Å². The van der Waals surface area contributed by atoms with Crippen LogP contribution in [0.2, 0.25) is 0 Å². The highest BCUT2D eigenvalue weighted by molar-refractivity contribution is 6.60. The summed E-state index contributed by atoms with van der Waals surface area (Å²) < 4.78 is 11.8. The van der Waals surface area contributed by atoms with Crippen LogP contribution in [0.1, 0.15) is 47.0 Å². The van der Waals surface area contributed by atoms with Crippen molar-refractivity contribution in [2.24, 2.45) is 10.7 Å². The third kappa shape index (κ3) is 2.81. The number of Topliss-reactive ketones (excluding diaryl/α,β-unsaturated/α-hetero) is 1. The van der Waals surface area contributed by atoms with Crippen LogP contribution in [-0.4, -0.2) is 36.4 Å². The minimum Gasteiger partial charge on any atom is -0.405 e. The van der Waals surface area contributed by atoms with Crippen molar-refractivity contribution in [2.75, 3.05) is 0 Å². The lowest BCUT2D eigenvalue weighted by atomic mass is 9.79. The molecule has 0 spiro atoms. The smallest absolute Gasteiger partial charge is 0.405 e. The Morgan fingerprint density at radius 1 is 1.35 bits per heavy atom. The molecular formula is C14H23BN2O3. The fraction of sp³-hybridized carbons (Fsp3) is 0.714. The van der Waals surface area contributed by atoms with E-state index in [4.69, 9.17) is 15.0 Å². The molecule has 110 valence electrons. The van der Waals surface area contributed by atoms with E-state index in [1.54, 1.807) is 6.21 Å². The number of carbonyl (C=O) groups is 1. The van der Waals surface area contributed by atoms with Crippen LogP contribution in [0.15, 0.2) is 16.7 Å². The summed E-state index contributed by atoms with van der Waals surface area (Å²) in [5.74, 6) is 0.200. The van der Waals surface area contributed by atoms with Gasteiger partial charge in [0, 0.05) is 18.1 Å². The molecule has 6 heteroatoms. The molecule has 1 unspecified atom stereocenters. The highest BCUT2D eigenvalue weighted by Crippen LogP contribution is 2.38. The maximum absolute atomic E-state index is 11.6. The van der Waals surface area contributed by atoms with Crippen molar-refractivity contribution in [2.45, 2.75) is 64.2 Å². The summed E-state index contributed by atoms with van der Waals surface area (Å²) in [6.07, 6.45) is 5.41. The number of nitrogens with zero attached hydrogens (tertiary/aromatic N) is 1. The number of hydrogen-bond donors (Lipinski definition) is 1. The van der Waals surface area contributed by atoms with Gasteiger partial charge in [-0.2, -0.15) is 0 Å². The summed E-state index contributed by atoms with van der Waals surface area (Å²) in [6, 6.07) is -0.229. The van der Waals surface area contributed by atoms with Crippen LogP contribution >= 0.6 is 0 Å². The van der Waals surface area contributed by atoms with Gasteiger partial charge in [-0.25, -0.2) is 0 Å². The second-order valence-electron chi connectivity index (χ2n) is 6.41. The number of rotatable bonds is 3. The minimum atomic E-state index is -0.537. The zero-order valence-electron chi connectivity index (χ0n) is 12.7. The van der Waals surface area contributed by atoms with Crippen LogP contribution in [0.5, 0.6) is 0 Å². The van der Waals surface area contributed by atoms with Crippen molar-refractivity contribution in [1.29, 1.82) is 0 Å². The van der Waals surface area contributed by atoms with Crippen LogP contribution in [0.4, 0.5) is 0 Å². The van der Waals surface area contributed by atoms with E-state index in [-0.39, 0.29) is 11.8 Å². The third-order valence-corrected chi connectivity index (χ3v) is 4.39. The standard InChI is InChI=1S/C14H23BN2O3/c1-13(2)14(3,4)20-15(19-13)10(8-16)9-17-11-6-5-7-12(11)18/h8-9,11H,5-7,16H2,1-4H3. The highest BCUT2D eigenvalue weighted by atomic mass is 16.7. The minimum absolute atomic E-state index is 0.200. The molecule has 0 aromatic heterocycles. The van der Waals surface area contributed by atoms with E-state index in [1.165, 1.54) is 6.20 Å². The lowest BCUT2D eigenvalue weighted by molar-refractivity contribution is -0.118. The normalized spacial score (nSPS) is 29.6. The fourth-order valence-electron chi connectivity index (χ4n) is 2.29. The van der Waals surface area contributed by atoms with Gasteiger partial charge in [-0.05, 0) is 46.7 Å². The molecule has 1 heterocycles. The number of carbonyl (C=O) groups excluding carboxylic acids is 1. The van der Waals surface area contributed by atoms with Gasteiger partial charge in [-0.15, -0.1) is 0 Å². The van der Waals surface area contributed by atoms with E-state index in [0.29, 0.717) is 11.9 Å². The number of hydrogen-bond acceptors (Lipinski definition) is 5. The average molecular weight is 278 g/mol. The SMILES string of the molecule is CC1(C)OB(C(C=NC2CCCC2=O)=CN)OC1(C)C. The predicted molar refractivity (Wildman–Crippen MR) is 79.5 cm³/mol. The summed E-state index contributed by atoms with van der Waals surface area (Å²) in [7, 11) is -0.537. The summed E-state index contributed by atoms with van der Waals surface area (Å²) in [5, 5.41) is 0. The molecule has 1 atom stereocenters. The fourth-order valence-corrected chi connectivity index (χ4v) is 2.29. The molecule has 1 aliphatic carbocycles. The molecule has 2 N–H and O–H groups in total. The number of allylic oxidation sites excluding steroid dienone is 1. The second kappa shape index (κ2) is 5.33. The maximum atomic E-state index is 11.6. The maximum Gasteiger partial charge on any atom is 0.497 e. The van der Waals surface area contributed by atoms with Gasteiger partial charge in [0.15, 0.2) is 5.78 Å². The average Bonchev–Trinajstić information content (AvgIpc) is 2.82. The van der Waals surface area contributed by atoms with Gasteiger partial charge in [-0.1, -0.05) is 0 Å². The topological polar surface area (TPSA) is 73.9 Å². The Kier molecular flexibility index (Phi) is 4.07. The number of aliphatic imine (C=N–C) groups is 1. The molecule has 0 radical (unpaired) electrons. The molecule has 2 fully saturated rings. The van der Waals surface area contributed by atoms with Crippen molar-refractivity contribution >= 4 is 19.1 Å². The molecule has 1 aliphatic heterocycles. The third-order valence-electron chi connectivity index (χ3n) is 4.39. The van der Waals surface area contributed by atoms with Gasteiger partial charge in [0.25, 0.3) is 0 Å². The first-order valence-electron chi connectivity index (χ1n) is 7.10. The van der Waals surface area contributed by atoms with Gasteiger partial charge in [0.2, 0.25) is 0 Å². The molecule has 0 aromatic rings. The Bertz CT molecular complexity index is 441. The Morgan fingerprint density at radius 3 is 2.40 bits per heavy atom. The summed E-state index contributed by atoms with van der Waals surface area (Å²) in [4.78, 5) is 15.9. The van der Waals surface area contributed by atoms with E-state index in [9.17, 15) is 4.79 Å². The first-order chi connectivity index (χ1) is 9.27. The first-order valence-corrected chi connectivity index (χ1v) is 7.10. The molecule has 5 nitrogen and oxygen atoms in total. The van der Waals surface area contributed by atoms with Crippen LogP contribution in [0, 0.1) is 0 Å². The molecule has 20 heavy (non-hydrogen) atoms. The van der Waals surface area contributed by atoms with Gasteiger partial charge >= 0.3 is 7.12 Å². The zero-order valence-corrected chi connectivity index (χ0v) is 12.7. The Balaban J connectivity index is 2.07. The van der Waals surface area contributed by atoms with Gasteiger partial charge in [-0.3, -0.25) is 9.79 Å². The van der Waals surface area contributed by atoms with Gasteiger partial charge < -0.3 is 15.0 Å². The summed E-state index contributed by atoms with van der Waals surface area (Å²) in [5.41, 5.74) is 5.48. The molecule has 0 amide bonds. The monoisotopic (exact) mass is 278 g/mol. The molecule has 0 aromatic carbocycles. The van der Waals surface area contributed by atoms with E-state index in [0.717, 1.165) is 12.8 Å². The van der Waals surface area contributed by atoms with Crippen LogP contribution in [0.3, 0.4) is 0 Å². The largest absolute Gasteiger partial charge is 0.497 e. The Morgan fingerprint density at radius 2 is 1.95 bits per heavy atom. The van der Waals surface area contributed by atoms with Crippen molar-refractivity contribution in [3.63, 3.8) is 0 Å². The van der Waals surface area contributed by atoms with Crippen molar-refractivity contribution < 1.29 is 14.1 Å². The zero-order chi connectivity index (χ0) is 15.0. The summed E-state index contributed by atoms with van der Waals surface area (Å²) >= 11 is 0. The van der Waals surface area contributed by atoms with Crippen molar-refractivity contribution in [3.05, 3.63) is 11.7 Å². The van der Waals surface area contributed by atoms with Crippen molar-refractivity contribution in [1.82, 2.24) is 0 Å². The molecule has 0 bridgehead atoms. The second-order valence-corrected chi connectivity index (χ2v) is 6.41. The molecule has 2 rings (SSSR count). The van der Waals surface area contributed by atoms with E-state index >= 15 is 0 Å². The van der Waals surface area contributed by atoms with Gasteiger partial charge in [0.05, 0.1) is 11.2 Å². The van der Waals surface area contributed by atoms with E-state index in [2.05, 4.69) is 4.99 Å². The van der Waals surface area contributed by atoms with E-state index < -0.39 is 18.3 Å². The number of nitrogens with two attached hydrogens (primary N) is 1. The first kappa shape index (κ1) is 15.3. The summed E-state index contributed by atoms with van der Waals surface area (Å²) in [6.45, 7) is 7.94.